The third-order valence-electron chi connectivity index (χ3n) is 5.70. The minimum atomic E-state index is 0. The summed E-state index contributed by atoms with van der Waals surface area (Å²) in [4.78, 5) is 12.4. The molecule has 5 nitrogen and oxygen atoms in total. The maximum Gasteiger partial charge on any atom is 0.193 e. The highest BCUT2D eigenvalue weighted by Crippen LogP contribution is 2.33. The Morgan fingerprint density at radius 1 is 1.20 bits per heavy atom. The third kappa shape index (κ3) is 6.86. The normalized spacial score (nSPS) is 29.4. The predicted octanol–water partition coefficient (Wildman–Crippen LogP) is 2.72. The van der Waals surface area contributed by atoms with Crippen molar-refractivity contribution in [2.45, 2.75) is 52.5 Å². The Hall–Kier alpha value is -0.0800. The van der Waals surface area contributed by atoms with Crippen molar-refractivity contribution in [1.29, 1.82) is 0 Å². The van der Waals surface area contributed by atoms with Crippen LogP contribution in [0.4, 0.5) is 0 Å². The summed E-state index contributed by atoms with van der Waals surface area (Å²) in [6, 6.07) is 0.532. The molecule has 2 unspecified atom stereocenters. The molecule has 6 heteroatoms. The van der Waals surface area contributed by atoms with Crippen molar-refractivity contribution in [2.75, 3.05) is 59.9 Å². The van der Waals surface area contributed by atoms with Gasteiger partial charge in [0.1, 0.15) is 0 Å². The van der Waals surface area contributed by atoms with Crippen molar-refractivity contribution in [3.63, 3.8) is 0 Å². The van der Waals surface area contributed by atoms with Crippen molar-refractivity contribution in [3.05, 3.63) is 0 Å². The summed E-state index contributed by atoms with van der Waals surface area (Å²) in [7, 11) is 4.45. The highest BCUT2D eigenvalue weighted by molar-refractivity contribution is 14.0. The topological polar surface area (TPSA) is 34.1 Å². The van der Waals surface area contributed by atoms with E-state index in [2.05, 4.69) is 54.9 Å². The van der Waals surface area contributed by atoms with E-state index in [0.717, 1.165) is 51.8 Å². The Morgan fingerprint density at radius 2 is 1.96 bits per heavy atom. The van der Waals surface area contributed by atoms with E-state index in [9.17, 15) is 0 Å². The summed E-state index contributed by atoms with van der Waals surface area (Å²) < 4.78 is 0. The number of nitrogens with one attached hydrogen (secondary N) is 1. The molecule has 0 bridgehead atoms. The predicted molar refractivity (Wildman–Crippen MR) is 119 cm³/mol. The zero-order valence-corrected chi connectivity index (χ0v) is 19.4. The molecule has 148 valence electrons. The number of likely N-dealkylation sites (N-methyl/N-ethyl adjacent to an activating group) is 2. The first-order valence-corrected chi connectivity index (χ1v) is 9.89. The van der Waals surface area contributed by atoms with Gasteiger partial charge in [-0.2, -0.15) is 0 Å². The van der Waals surface area contributed by atoms with Crippen LogP contribution < -0.4 is 5.32 Å². The third-order valence-corrected chi connectivity index (χ3v) is 5.70. The second kappa shape index (κ2) is 10.9. The van der Waals surface area contributed by atoms with Gasteiger partial charge in [0.15, 0.2) is 5.96 Å². The zero-order valence-electron chi connectivity index (χ0n) is 17.1. The minimum absolute atomic E-state index is 0. The van der Waals surface area contributed by atoms with E-state index in [4.69, 9.17) is 4.99 Å². The lowest BCUT2D eigenvalue weighted by molar-refractivity contribution is 0.118. The van der Waals surface area contributed by atoms with Crippen LogP contribution in [0.2, 0.25) is 0 Å². The number of nitrogens with zero attached hydrogens (tertiary/aromatic N) is 4. The lowest BCUT2D eigenvalue weighted by atomic mass is 9.78. The molecule has 0 radical (unpaired) electrons. The molecule has 25 heavy (non-hydrogen) atoms. The van der Waals surface area contributed by atoms with E-state index in [0.29, 0.717) is 11.5 Å². The van der Waals surface area contributed by atoms with E-state index in [1.807, 2.05) is 0 Å². The zero-order chi connectivity index (χ0) is 17.6. The molecule has 0 amide bonds. The van der Waals surface area contributed by atoms with Gasteiger partial charge in [-0.25, -0.2) is 0 Å². The van der Waals surface area contributed by atoms with Crippen LogP contribution in [-0.2, 0) is 0 Å². The van der Waals surface area contributed by atoms with Crippen molar-refractivity contribution >= 4 is 29.9 Å². The van der Waals surface area contributed by atoms with Crippen LogP contribution >= 0.6 is 24.0 Å². The molecule has 2 heterocycles. The van der Waals surface area contributed by atoms with Crippen LogP contribution in [0.15, 0.2) is 4.99 Å². The maximum absolute atomic E-state index is 5.03. The Labute approximate surface area is 172 Å². The van der Waals surface area contributed by atoms with Crippen molar-refractivity contribution < 1.29 is 0 Å². The average molecular weight is 465 g/mol. The van der Waals surface area contributed by atoms with Gasteiger partial charge in [0, 0.05) is 45.3 Å². The lowest BCUT2D eigenvalue weighted by Gasteiger charge is -2.42. The highest BCUT2D eigenvalue weighted by atomic mass is 127. The molecule has 0 aromatic carbocycles. The minimum Gasteiger partial charge on any atom is -0.357 e. The number of piperidine rings is 1. The fourth-order valence-corrected chi connectivity index (χ4v) is 4.22. The summed E-state index contributed by atoms with van der Waals surface area (Å²) in [5, 5.41) is 3.54. The van der Waals surface area contributed by atoms with Gasteiger partial charge >= 0.3 is 0 Å². The molecular formula is C19H40IN5. The molecule has 0 saturated carbocycles. The van der Waals surface area contributed by atoms with E-state index in [1.54, 1.807) is 0 Å². The van der Waals surface area contributed by atoms with Gasteiger partial charge in [0.25, 0.3) is 0 Å². The highest BCUT2D eigenvalue weighted by Gasteiger charge is 2.31. The summed E-state index contributed by atoms with van der Waals surface area (Å²) in [5.74, 6) is 1.13. The first-order chi connectivity index (χ1) is 11.5. The Bertz CT molecular complexity index is 413. The summed E-state index contributed by atoms with van der Waals surface area (Å²) in [6.45, 7) is 14.5. The number of hydrogen-bond donors (Lipinski definition) is 1. The second-order valence-electron chi connectivity index (χ2n) is 8.18. The van der Waals surface area contributed by atoms with Crippen molar-refractivity contribution in [2.24, 2.45) is 10.4 Å². The molecule has 2 aliphatic heterocycles. The average Bonchev–Trinajstić information content (AvgIpc) is 2.54. The van der Waals surface area contributed by atoms with Crippen LogP contribution in [0.1, 0.15) is 46.5 Å². The SMILES string of the molecule is CCCC1(C)CCCN(C(=NCC2CN(C)CCN2C)NCC)C1.I. The van der Waals surface area contributed by atoms with Crippen LogP contribution in [0, 0.1) is 5.41 Å². The molecule has 2 rings (SSSR count). The Morgan fingerprint density at radius 3 is 2.64 bits per heavy atom. The lowest BCUT2D eigenvalue weighted by Crippen LogP contribution is -2.53. The molecule has 0 aromatic rings. The molecule has 0 aliphatic carbocycles. The van der Waals surface area contributed by atoms with E-state index >= 15 is 0 Å². The van der Waals surface area contributed by atoms with Crippen molar-refractivity contribution in [1.82, 2.24) is 20.0 Å². The summed E-state index contributed by atoms with van der Waals surface area (Å²) in [5.41, 5.74) is 0.449. The molecule has 2 saturated heterocycles. The maximum atomic E-state index is 5.03. The van der Waals surface area contributed by atoms with Gasteiger partial charge < -0.3 is 15.1 Å². The van der Waals surface area contributed by atoms with Crippen LogP contribution in [0.25, 0.3) is 0 Å². The number of rotatable bonds is 5. The van der Waals surface area contributed by atoms with Crippen LogP contribution in [0.3, 0.4) is 0 Å². The molecule has 2 atom stereocenters. The number of piperazine rings is 1. The van der Waals surface area contributed by atoms with Crippen LogP contribution in [0.5, 0.6) is 0 Å². The second-order valence-corrected chi connectivity index (χ2v) is 8.18. The van der Waals surface area contributed by atoms with Crippen LogP contribution in [-0.4, -0.2) is 86.6 Å². The summed E-state index contributed by atoms with van der Waals surface area (Å²) in [6.07, 6.45) is 5.23. The fraction of sp³-hybridized carbons (Fsp3) is 0.947. The number of aliphatic imine (C=N–C) groups is 1. The Kier molecular flexibility index (Phi) is 10.0. The Balaban J connectivity index is 0.00000312. The van der Waals surface area contributed by atoms with E-state index < -0.39 is 0 Å². The van der Waals surface area contributed by atoms with Gasteiger partial charge in [0.2, 0.25) is 0 Å². The largest absolute Gasteiger partial charge is 0.357 e. The molecular weight excluding hydrogens is 425 g/mol. The van der Waals surface area contributed by atoms with Gasteiger partial charge in [0.05, 0.1) is 6.54 Å². The smallest absolute Gasteiger partial charge is 0.193 e. The molecule has 2 fully saturated rings. The quantitative estimate of drug-likeness (QED) is 0.385. The first kappa shape index (κ1) is 23.0. The number of halogens is 1. The van der Waals surface area contributed by atoms with Crippen molar-refractivity contribution in [3.8, 4) is 0 Å². The number of guanidine groups is 1. The molecule has 0 spiro atoms. The molecule has 0 aromatic heterocycles. The van der Waals surface area contributed by atoms with Gasteiger partial charge in [-0.05, 0) is 45.7 Å². The van der Waals surface area contributed by atoms with Gasteiger partial charge in [-0.15, -0.1) is 24.0 Å². The first-order valence-electron chi connectivity index (χ1n) is 9.89. The molecule has 1 N–H and O–H groups in total. The van der Waals surface area contributed by atoms with E-state index in [-0.39, 0.29) is 24.0 Å². The standard InChI is InChI=1S/C19H39N5.HI/c1-6-9-19(3)10-8-11-24(16-19)18(20-7-2)21-14-17-15-22(4)12-13-23(17)5;/h17H,6-16H2,1-5H3,(H,20,21);1H. The fourth-order valence-electron chi connectivity index (χ4n) is 4.22. The number of hydrogen-bond acceptors (Lipinski definition) is 3. The van der Waals surface area contributed by atoms with E-state index in [1.165, 1.54) is 25.7 Å². The number of likely N-dealkylation sites (tertiary alicyclic amines) is 1. The summed E-state index contributed by atoms with van der Waals surface area (Å²) >= 11 is 0. The van der Waals surface area contributed by atoms with Gasteiger partial charge in [-0.1, -0.05) is 20.3 Å². The molecule has 2 aliphatic rings. The van der Waals surface area contributed by atoms with Gasteiger partial charge in [-0.3, -0.25) is 9.89 Å². The monoisotopic (exact) mass is 465 g/mol.